The van der Waals surface area contributed by atoms with E-state index in [4.69, 9.17) is 0 Å². The molecule has 0 spiro atoms. The molecular formula is C16H18BrNO2S. The van der Waals surface area contributed by atoms with Crippen molar-refractivity contribution in [2.24, 2.45) is 0 Å². The lowest BCUT2D eigenvalue weighted by Crippen LogP contribution is -2.17. The Labute approximate surface area is 134 Å². The van der Waals surface area contributed by atoms with Crippen LogP contribution in [0.1, 0.15) is 17.5 Å². The van der Waals surface area contributed by atoms with Gasteiger partial charge in [-0.3, -0.25) is 4.72 Å². The van der Waals surface area contributed by atoms with Gasteiger partial charge in [-0.2, -0.15) is 0 Å². The largest absolute Gasteiger partial charge is 0.283 e. The molecule has 0 heterocycles. The van der Waals surface area contributed by atoms with Gasteiger partial charge in [-0.05, 0) is 49.1 Å². The number of halogens is 1. The number of benzene rings is 2. The summed E-state index contributed by atoms with van der Waals surface area (Å²) in [5.41, 5.74) is 2.70. The van der Waals surface area contributed by atoms with Gasteiger partial charge < -0.3 is 0 Å². The molecule has 2 aromatic carbocycles. The van der Waals surface area contributed by atoms with Crippen LogP contribution in [0.4, 0.5) is 5.69 Å². The van der Waals surface area contributed by atoms with Crippen LogP contribution in [0.25, 0.3) is 0 Å². The Morgan fingerprint density at radius 2 is 1.81 bits per heavy atom. The molecule has 0 unspecified atom stereocenters. The van der Waals surface area contributed by atoms with E-state index < -0.39 is 10.0 Å². The molecule has 0 saturated heterocycles. The van der Waals surface area contributed by atoms with Crippen molar-refractivity contribution in [2.45, 2.75) is 19.8 Å². The summed E-state index contributed by atoms with van der Waals surface area (Å²) in [6.07, 6.45) is 1.37. The number of anilines is 1. The fourth-order valence-electron chi connectivity index (χ4n) is 2.07. The first kappa shape index (κ1) is 16.0. The quantitative estimate of drug-likeness (QED) is 0.833. The van der Waals surface area contributed by atoms with Gasteiger partial charge in [-0.25, -0.2) is 8.42 Å². The molecule has 0 fully saturated rings. The van der Waals surface area contributed by atoms with E-state index in [2.05, 4.69) is 20.7 Å². The van der Waals surface area contributed by atoms with Gasteiger partial charge in [0.25, 0.3) is 0 Å². The molecular weight excluding hydrogens is 350 g/mol. The lowest BCUT2D eigenvalue weighted by Gasteiger charge is -2.10. The average Bonchev–Trinajstić information content (AvgIpc) is 2.43. The van der Waals surface area contributed by atoms with Gasteiger partial charge in [0.05, 0.1) is 11.4 Å². The van der Waals surface area contributed by atoms with Crippen molar-refractivity contribution in [2.75, 3.05) is 10.5 Å². The smallest absolute Gasteiger partial charge is 0.232 e. The van der Waals surface area contributed by atoms with E-state index in [1.807, 2.05) is 49.4 Å². The highest BCUT2D eigenvalue weighted by atomic mass is 79.9. The summed E-state index contributed by atoms with van der Waals surface area (Å²) in [6, 6.07) is 15.4. The summed E-state index contributed by atoms with van der Waals surface area (Å²) < 4.78 is 27.8. The highest BCUT2D eigenvalue weighted by molar-refractivity contribution is 9.10. The van der Waals surface area contributed by atoms with Crippen LogP contribution < -0.4 is 4.72 Å². The van der Waals surface area contributed by atoms with Crippen molar-refractivity contribution >= 4 is 31.6 Å². The molecule has 0 aliphatic carbocycles. The third kappa shape index (κ3) is 5.17. The van der Waals surface area contributed by atoms with Crippen molar-refractivity contribution < 1.29 is 8.42 Å². The summed E-state index contributed by atoms with van der Waals surface area (Å²) in [5.74, 6) is 0.122. The fraction of sp³-hybridized carbons (Fsp3) is 0.250. The zero-order valence-corrected chi connectivity index (χ0v) is 14.2. The van der Waals surface area contributed by atoms with Crippen LogP contribution in [0, 0.1) is 6.92 Å². The van der Waals surface area contributed by atoms with Crippen LogP contribution in [0.2, 0.25) is 0 Å². The predicted molar refractivity (Wildman–Crippen MR) is 91.1 cm³/mol. The van der Waals surface area contributed by atoms with Gasteiger partial charge in [-0.15, -0.1) is 0 Å². The van der Waals surface area contributed by atoms with Crippen LogP contribution in [0.5, 0.6) is 0 Å². The molecule has 112 valence electrons. The molecule has 5 heteroatoms. The third-order valence-corrected chi connectivity index (χ3v) is 5.03. The van der Waals surface area contributed by atoms with Gasteiger partial charge in [0.15, 0.2) is 0 Å². The number of rotatable bonds is 6. The number of nitrogens with one attached hydrogen (secondary N) is 1. The summed E-state index contributed by atoms with van der Waals surface area (Å²) in [6.45, 7) is 1.88. The van der Waals surface area contributed by atoms with Crippen LogP contribution in [-0.4, -0.2) is 14.2 Å². The maximum Gasteiger partial charge on any atom is 0.232 e. The number of hydrogen-bond acceptors (Lipinski definition) is 2. The Balaban J connectivity index is 1.93. The Bertz CT molecular complexity index is 699. The van der Waals surface area contributed by atoms with Gasteiger partial charge in [0.1, 0.15) is 0 Å². The summed E-state index contributed by atoms with van der Waals surface area (Å²) in [5, 5.41) is 0. The Morgan fingerprint density at radius 3 is 2.48 bits per heavy atom. The Hall–Kier alpha value is -1.33. The van der Waals surface area contributed by atoms with Crippen molar-refractivity contribution in [1.82, 2.24) is 0 Å². The van der Waals surface area contributed by atoms with Gasteiger partial charge in [-0.1, -0.05) is 46.3 Å². The molecule has 0 aromatic heterocycles. The van der Waals surface area contributed by atoms with Crippen LogP contribution in [-0.2, 0) is 16.4 Å². The fourth-order valence-corrected chi connectivity index (χ4v) is 3.74. The third-order valence-electron chi connectivity index (χ3n) is 3.18. The first-order valence-electron chi connectivity index (χ1n) is 6.77. The van der Waals surface area contributed by atoms with E-state index in [-0.39, 0.29) is 5.75 Å². The minimum absolute atomic E-state index is 0.122. The first-order valence-corrected chi connectivity index (χ1v) is 9.21. The number of aryl methyl sites for hydroxylation is 2. The molecule has 21 heavy (non-hydrogen) atoms. The maximum atomic E-state index is 12.1. The van der Waals surface area contributed by atoms with Crippen molar-refractivity contribution in [3.63, 3.8) is 0 Å². The van der Waals surface area contributed by atoms with E-state index in [0.29, 0.717) is 12.1 Å². The minimum Gasteiger partial charge on any atom is -0.283 e. The lowest BCUT2D eigenvalue weighted by molar-refractivity contribution is 0.598. The zero-order chi connectivity index (χ0) is 15.3. The monoisotopic (exact) mass is 367 g/mol. The van der Waals surface area contributed by atoms with Gasteiger partial charge in [0, 0.05) is 4.47 Å². The molecule has 0 aliphatic rings. The van der Waals surface area contributed by atoms with Crippen molar-refractivity contribution in [1.29, 1.82) is 0 Å². The lowest BCUT2D eigenvalue weighted by atomic mass is 10.1. The van der Waals surface area contributed by atoms with E-state index in [1.54, 1.807) is 6.07 Å². The topological polar surface area (TPSA) is 46.2 Å². The predicted octanol–water partition coefficient (Wildman–Crippen LogP) is 4.13. The normalized spacial score (nSPS) is 11.3. The summed E-state index contributed by atoms with van der Waals surface area (Å²) in [4.78, 5) is 0. The molecule has 0 bridgehead atoms. The number of hydrogen-bond donors (Lipinski definition) is 1. The van der Waals surface area contributed by atoms with Crippen LogP contribution in [0.15, 0.2) is 53.0 Å². The van der Waals surface area contributed by atoms with E-state index in [9.17, 15) is 8.42 Å². The molecule has 0 amide bonds. The van der Waals surface area contributed by atoms with Gasteiger partial charge in [0.2, 0.25) is 10.0 Å². The molecule has 2 rings (SSSR count). The highest BCUT2D eigenvalue weighted by Gasteiger charge is 2.11. The van der Waals surface area contributed by atoms with Crippen molar-refractivity contribution in [3.05, 3.63) is 64.1 Å². The van der Waals surface area contributed by atoms with Crippen LogP contribution >= 0.6 is 15.9 Å². The minimum atomic E-state index is -3.31. The highest BCUT2D eigenvalue weighted by Crippen LogP contribution is 2.21. The van der Waals surface area contributed by atoms with Crippen LogP contribution in [0.3, 0.4) is 0 Å². The Kier molecular flexibility index (Phi) is 5.42. The second kappa shape index (κ2) is 7.09. The Morgan fingerprint density at radius 1 is 1.10 bits per heavy atom. The summed E-state index contributed by atoms with van der Waals surface area (Å²) in [7, 11) is -3.31. The molecule has 1 N–H and O–H groups in total. The molecule has 2 aromatic rings. The molecule has 0 saturated carbocycles. The zero-order valence-electron chi connectivity index (χ0n) is 11.8. The molecule has 3 nitrogen and oxygen atoms in total. The molecule has 0 radical (unpaired) electrons. The van der Waals surface area contributed by atoms with E-state index in [1.165, 1.54) is 0 Å². The van der Waals surface area contributed by atoms with E-state index in [0.717, 1.165) is 22.0 Å². The second-order valence-electron chi connectivity index (χ2n) is 4.97. The van der Waals surface area contributed by atoms with Gasteiger partial charge >= 0.3 is 0 Å². The van der Waals surface area contributed by atoms with Crippen molar-refractivity contribution in [3.8, 4) is 0 Å². The summed E-state index contributed by atoms with van der Waals surface area (Å²) >= 11 is 3.37. The molecule has 0 atom stereocenters. The standard InChI is InChI=1S/C16H18BrNO2S/c1-13-12-15(17)9-10-16(13)18-21(19,20)11-5-8-14-6-3-2-4-7-14/h2-4,6-7,9-10,12,18H,5,8,11H2,1H3. The maximum absolute atomic E-state index is 12.1. The molecule has 0 aliphatic heterocycles. The first-order chi connectivity index (χ1) is 9.96. The average molecular weight is 368 g/mol. The number of sulfonamides is 1. The second-order valence-corrected chi connectivity index (χ2v) is 7.73. The SMILES string of the molecule is Cc1cc(Br)ccc1NS(=O)(=O)CCCc1ccccc1. The van der Waals surface area contributed by atoms with E-state index >= 15 is 0 Å².